The predicted octanol–water partition coefficient (Wildman–Crippen LogP) is 2.11. The van der Waals surface area contributed by atoms with Crippen molar-refractivity contribution in [1.29, 1.82) is 0 Å². The van der Waals surface area contributed by atoms with Gasteiger partial charge in [-0.1, -0.05) is 17.2 Å². The van der Waals surface area contributed by atoms with Gasteiger partial charge in [0.1, 0.15) is 0 Å². The fraction of sp³-hybridized carbons (Fsp3) is 0.500. The maximum Gasteiger partial charge on any atom is 0.325 e. The van der Waals surface area contributed by atoms with E-state index in [4.69, 9.17) is 4.42 Å². The molecule has 0 bridgehead atoms. The number of benzene rings is 1. The molecular weight excluding hydrogens is 342 g/mol. The first-order chi connectivity index (χ1) is 11.8. The van der Waals surface area contributed by atoms with E-state index in [0.29, 0.717) is 12.4 Å². The number of nitrogens with zero attached hydrogens (tertiary/aromatic N) is 4. The number of anilines is 3. The van der Waals surface area contributed by atoms with Crippen molar-refractivity contribution in [1.82, 2.24) is 14.9 Å². The number of para-hydroxylation sites is 2. The molecule has 2 heterocycles. The molecule has 1 aromatic heterocycles. The van der Waals surface area contributed by atoms with Gasteiger partial charge in [0, 0.05) is 19.0 Å². The predicted molar refractivity (Wildman–Crippen MR) is 94.1 cm³/mol. The summed E-state index contributed by atoms with van der Waals surface area (Å²) in [6.45, 7) is 6.07. The van der Waals surface area contributed by atoms with Crippen molar-refractivity contribution in [3.8, 4) is 0 Å². The molecule has 0 amide bonds. The molecule has 1 unspecified atom stereocenters. The summed E-state index contributed by atoms with van der Waals surface area (Å²) in [5, 5.41) is 7.93. The molecule has 1 aliphatic carbocycles. The van der Waals surface area contributed by atoms with Crippen LogP contribution in [0.2, 0.25) is 0 Å². The van der Waals surface area contributed by atoms with E-state index in [1.165, 1.54) is 0 Å². The van der Waals surface area contributed by atoms with Gasteiger partial charge in [0.15, 0.2) is 0 Å². The number of aromatic nitrogens is 2. The molecule has 1 atom stereocenters. The van der Waals surface area contributed by atoms with Crippen molar-refractivity contribution in [2.24, 2.45) is 0 Å². The molecule has 1 saturated carbocycles. The first-order valence-corrected chi connectivity index (χ1v) is 9.87. The van der Waals surface area contributed by atoms with Crippen molar-refractivity contribution >= 4 is 27.4 Å². The van der Waals surface area contributed by atoms with Gasteiger partial charge in [-0.15, -0.1) is 5.10 Å². The molecule has 1 N–H and O–H groups in total. The molecule has 1 aliphatic heterocycles. The van der Waals surface area contributed by atoms with Crippen LogP contribution in [0.25, 0.3) is 0 Å². The number of hydrogen-bond donors (Lipinski definition) is 1. The Morgan fingerprint density at radius 2 is 1.96 bits per heavy atom. The smallest absolute Gasteiger partial charge is 0.325 e. The van der Waals surface area contributed by atoms with Crippen LogP contribution in [0.3, 0.4) is 0 Å². The van der Waals surface area contributed by atoms with E-state index in [9.17, 15) is 8.42 Å². The molecule has 2 aromatic rings. The summed E-state index contributed by atoms with van der Waals surface area (Å²) in [6, 6.07) is 7.71. The van der Waals surface area contributed by atoms with E-state index in [1.54, 1.807) is 11.8 Å². The van der Waals surface area contributed by atoms with E-state index in [0.717, 1.165) is 24.2 Å². The zero-order valence-corrected chi connectivity index (χ0v) is 15.2. The van der Waals surface area contributed by atoms with Crippen molar-refractivity contribution in [2.75, 3.05) is 16.3 Å². The normalized spacial score (nSPS) is 21.5. The van der Waals surface area contributed by atoms with Gasteiger partial charge in [-0.2, -0.15) is 0 Å². The zero-order chi connectivity index (χ0) is 17.8. The highest BCUT2D eigenvalue weighted by atomic mass is 32.2. The Morgan fingerprint density at radius 3 is 2.52 bits per heavy atom. The minimum atomic E-state index is -3.70. The maximum absolute atomic E-state index is 13.2. The van der Waals surface area contributed by atoms with E-state index < -0.39 is 15.5 Å². The van der Waals surface area contributed by atoms with Gasteiger partial charge in [-0.25, -0.2) is 13.1 Å². The molecule has 0 radical (unpaired) electrons. The average molecular weight is 363 g/mol. The summed E-state index contributed by atoms with van der Waals surface area (Å²) in [4.78, 5) is 3.44. The fourth-order valence-corrected chi connectivity index (χ4v) is 5.26. The van der Waals surface area contributed by atoms with Gasteiger partial charge in [0.05, 0.1) is 11.4 Å². The second-order valence-corrected chi connectivity index (χ2v) is 8.50. The number of hydrogen-bond acceptors (Lipinski definition) is 7. The average Bonchev–Trinajstić information content (AvgIpc) is 2.98. The summed E-state index contributed by atoms with van der Waals surface area (Å²) in [5.74, 6) is 0.390. The van der Waals surface area contributed by atoms with E-state index >= 15 is 0 Å². The van der Waals surface area contributed by atoms with Crippen LogP contribution < -0.4 is 14.5 Å². The van der Waals surface area contributed by atoms with Crippen LogP contribution in [-0.2, 0) is 10.0 Å². The highest BCUT2D eigenvalue weighted by Gasteiger charge is 2.50. The molecule has 0 spiro atoms. The topological polar surface area (TPSA) is 91.6 Å². The first-order valence-electron chi connectivity index (χ1n) is 8.32. The minimum Gasteiger partial charge on any atom is -0.408 e. The molecule has 1 aromatic carbocycles. The molecule has 25 heavy (non-hydrogen) atoms. The highest BCUT2D eigenvalue weighted by molar-refractivity contribution is 7.90. The Balaban J connectivity index is 1.84. The Kier molecular flexibility index (Phi) is 3.55. The van der Waals surface area contributed by atoms with Crippen LogP contribution in [0.4, 0.5) is 17.4 Å². The van der Waals surface area contributed by atoms with Crippen molar-refractivity contribution in [2.45, 2.75) is 44.6 Å². The van der Waals surface area contributed by atoms with Crippen molar-refractivity contribution in [3.05, 3.63) is 30.2 Å². The highest BCUT2D eigenvalue weighted by Crippen LogP contribution is 2.46. The van der Waals surface area contributed by atoms with Gasteiger partial charge < -0.3 is 9.32 Å². The van der Waals surface area contributed by atoms with Gasteiger partial charge in [0.2, 0.25) is 11.4 Å². The molecule has 2 aliphatic rings. The Hall–Kier alpha value is -2.13. The van der Waals surface area contributed by atoms with Crippen LogP contribution in [0.1, 0.15) is 32.6 Å². The zero-order valence-electron chi connectivity index (χ0n) is 14.4. The lowest BCUT2D eigenvalue weighted by atomic mass is 10.2. The quantitative estimate of drug-likeness (QED) is 0.870. The summed E-state index contributed by atoms with van der Waals surface area (Å²) < 4.78 is 34.9. The molecule has 1 fully saturated rings. The second-order valence-electron chi connectivity index (χ2n) is 6.78. The number of sulfonamides is 1. The summed E-state index contributed by atoms with van der Waals surface area (Å²) >= 11 is 0. The van der Waals surface area contributed by atoms with Gasteiger partial charge >= 0.3 is 6.01 Å². The maximum atomic E-state index is 13.2. The Labute approximate surface area is 146 Å². The van der Waals surface area contributed by atoms with Crippen LogP contribution in [0, 0.1) is 6.92 Å². The number of rotatable bonds is 5. The van der Waals surface area contributed by atoms with Crippen LogP contribution in [0.15, 0.2) is 28.7 Å². The van der Waals surface area contributed by atoms with Crippen LogP contribution in [0.5, 0.6) is 0 Å². The largest absolute Gasteiger partial charge is 0.408 e. The first kappa shape index (κ1) is 16.3. The summed E-state index contributed by atoms with van der Waals surface area (Å²) in [6.07, 6.45) is 1.69. The second kappa shape index (κ2) is 5.43. The Bertz CT molecular complexity index is 906. The standard InChI is InChI=1S/C16H21N5O3S/c1-4-20-12-7-5-6-8-13(12)21(14-18-17-11(2)24-14)15(20)25(22,23)19-16(3)9-10-16/h5-8,15,19H,4,9-10H2,1-3H3. The van der Waals surface area contributed by atoms with E-state index in [-0.39, 0.29) is 11.6 Å². The fourth-order valence-electron chi connectivity index (χ4n) is 3.19. The lowest BCUT2D eigenvalue weighted by Crippen LogP contribution is -2.54. The molecule has 9 heteroatoms. The molecule has 0 saturated heterocycles. The van der Waals surface area contributed by atoms with Crippen LogP contribution >= 0.6 is 0 Å². The van der Waals surface area contributed by atoms with Gasteiger partial charge in [0.25, 0.3) is 10.0 Å². The molecule has 134 valence electrons. The molecule has 8 nitrogen and oxygen atoms in total. The number of fused-ring (bicyclic) bond motifs is 1. The molecular formula is C16H21N5O3S. The number of nitrogens with one attached hydrogen (secondary N) is 1. The summed E-state index contributed by atoms with van der Waals surface area (Å²) in [7, 11) is -3.70. The minimum absolute atomic E-state index is 0.178. The van der Waals surface area contributed by atoms with Gasteiger partial charge in [-0.3, -0.25) is 4.90 Å². The third-order valence-electron chi connectivity index (χ3n) is 4.67. The van der Waals surface area contributed by atoms with Crippen LogP contribution in [-0.4, -0.2) is 36.2 Å². The SMILES string of the molecule is CCN1c2ccccc2N(c2nnc(C)o2)C1S(=O)(=O)NC1(C)CC1. The third kappa shape index (κ3) is 2.67. The monoisotopic (exact) mass is 363 g/mol. The molecule has 4 rings (SSSR count). The van der Waals surface area contributed by atoms with E-state index in [1.807, 2.05) is 43.0 Å². The summed E-state index contributed by atoms with van der Waals surface area (Å²) in [5.41, 5.74) is 0.248. The number of aryl methyl sites for hydroxylation is 1. The third-order valence-corrected chi connectivity index (χ3v) is 6.46. The van der Waals surface area contributed by atoms with Crippen molar-refractivity contribution < 1.29 is 12.8 Å². The Morgan fingerprint density at radius 1 is 1.28 bits per heavy atom. The van der Waals surface area contributed by atoms with E-state index in [2.05, 4.69) is 14.9 Å². The lowest BCUT2D eigenvalue weighted by Gasteiger charge is -2.30. The van der Waals surface area contributed by atoms with Gasteiger partial charge in [-0.05, 0) is 38.8 Å². The van der Waals surface area contributed by atoms with Crippen molar-refractivity contribution in [3.63, 3.8) is 0 Å². The lowest BCUT2D eigenvalue weighted by molar-refractivity contribution is 0.502.